The van der Waals surface area contributed by atoms with Gasteiger partial charge in [-0.3, -0.25) is 10.1 Å². The minimum absolute atomic E-state index is 0.601. The lowest BCUT2D eigenvalue weighted by atomic mass is 9.91. The molecular weight excluding hydrogens is 270 g/mol. The van der Waals surface area contributed by atoms with Crippen LogP contribution in [-0.4, -0.2) is 25.9 Å². The van der Waals surface area contributed by atoms with Gasteiger partial charge in [0.2, 0.25) is 5.95 Å². The van der Waals surface area contributed by atoms with E-state index in [2.05, 4.69) is 25.5 Å². The molecule has 0 bridgehead atoms. The summed E-state index contributed by atoms with van der Waals surface area (Å²) in [5.41, 5.74) is 0.898. The number of aromatic nitrogens is 4. The van der Waals surface area contributed by atoms with E-state index in [4.69, 9.17) is 0 Å². The average Bonchev–Trinajstić information content (AvgIpc) is 2.95. The van der Waals surface area contributed by atoms with Crippen LogP contribution in [0.2, 0.25) is 0 Å². The van der Waals surface area contributed by atoms with Crippen LogP contribution in [0.1, 0.15) is 32.1 Å². The Morgan fingerprint density at radius 1 is 1.30 bits per heavy atom. The summed E-state index contributed by atoms with van der Waals surface area (Å²) >= 11 is 1.77. The van der Waals surface area contributed by atoms with Crippen molar-refractivity contribution in [2.24, 2.45) is 5.92 Å². The largest absolute Gasteiger partial charge is 0.321 e. The molecule has 2 heterocycles. The van der Waals surface area contributed by atoms with Gasteiger partial charge in [0.05, 0.1) is 11.9 Å². The molecule has 6 heteroatoms. The second-order valence-electron chi connectivity index (χ2n) is 5.15. The van der Waals surface area contributed by atoms with Gasteiger partial charge >= 0.3 is 0 Å². The fourth-order valence-electron chi connectivity index (χ4n) is 2.48. The maximum absolute atomic E-state index is 4.45. The normalized spacial score (nSPS) is 16.2. The van der Waals surface area contributed by atoms with Crippen LogP contribution in [0.4, 0.5) is 11.6 Å². The molecule has 0 saturated heterocycles. The molecule has 1 fully saturated rings. The van der Waals surface area contributed by atoms with Gasteiger partial charge in [0.1, 0.15) is 0 Å². The van der Waals surface area contributed by atoms with Gasteiger partial charge in [-0.15, -0.1) is 5.10 Å². The zero-order valence-electron chi connectivity index (χ0n) is 11.4. The maximum atomic E-state index is 4.45. The van der Waals surface area contributed by atoms with Crippen molar-refractivity contribution in [1.82, 2.24) is 20.2 Å². The van der Waals surface area contributed by atoms with Gasteiger partial charge in [0, 0.05) is 11.9 Å². The third-order valence-corrected chi connectivity index (χ3v) is 4.66. The second kappa shape index (κ2) is 6.74. The fraction of sp³-hybridized carbons (Fsp3) is 0.500. The zero-order valence-corrected chi connectivity index (χ0v) is 12.2. The standard InChI is InChI=1S/C14H19N5S/c1-2-5-11(6-3-1)10-20-14-17-13(18-19-14)16-12-7-4-8-15-9-12/h4,7-9,11H,1-3,5-6,10H2,(H2,16,17,18,19). The first kappa shape index (κ1) is 13.4. The monoisotopic (exact) mass is 289 g/mol. The lowest BCUT2D eigenvalue weighted by molar-refractivity contribution is 0.391. The van der Waals surface area contributed by atoms with Gasteiger partial charge in [-0.1, -0.05) is 31.0 Å². The van der Waals surface area contributed by atoms with Crippen molar-refractivity contribution < 1.29 is 0 Å². The predicted octanol–water partition coefficient (Wildman–Crippen LogP) is 3.62. The molecule has 5 nitrogen and oxygen atoms in total. The summed E-state index contributed by atoms with van der Waals surface area (Å²) in [7, 11) is 0. The van der Waals surface area contributed by atoms with Crippen molar-refractivity contribution in [3.8, 4) is 0 Å². The number of hydrogen-bond donors (Lipinski definition) is 2. The lowest BCUT2D eigenvalue weighted by Gasteiger charge is -2.20. The lowest BCUT2D eigenvalue weighted by Crippen LogP contribution is -2.08. The highest BCUT2D eigenvalue weighted by Gasteiger charge is 2.14. The van der Waals surface area contributed by atoms with Crippen molar-refractivity contribution in [3.05, 3.63) is 24.5 Å². The average molecular weight is 289 g/mol. The van der Waals surface area contributed by atoms with E-state index in [1.54, 1.807) is 24.2 Å². The van der Waals surface area contributed by atoms with Crippen molar-refractivity contribution in [3.63, 3.8) is 0 Å². The third-order valence-electron chi connectivity index (χ3n) is 3.56. The van der Waals surface area contributed by atoms with E-state index in [-0.39, 0.29) is 0 Å². The molecule has 0 aliphatic heterocycles. The molecule has 1 aliphatic carbocycles. The molecule has 0 radical (unpaired) electrons. The van der Waals surface area contributed by atoms with Crippen molar-refractivity contribution >= 4 is 23.4 Å². The van der Waals surface area contributed by atoms with Gasteiger partial charge in [0.25, 0.3) is 0 Å². The van der Waals surface area contributed by atoms with E-state index >= 15 is 0 Å². The van der Waals surface area contributed by atoms with Crippen LogP contribution in [0.3, 0.4) is 0 Å². The molecule has 2 aromatic rings. The number of hydrogen-bond acceptors (Lipinski definition) is 5. The van der Waals surface area contributed by atoms with E-state index in [0.717, 1.165) is 22.5 Å². The van der Waals surface area contributed by atoms with Gasteiger partial charge in [0.15, 0.2) is 5.16 Å². The molecule has 0 amide bonds. The summed E-state index contributed by atoms with van der Waals surface area (Å²) in [6.07, 6.45) is 10.4. The van der Waals surface area contributed by atoms with E-state index in [1.807, 2.05) is 12.1 Å². The SMILES string of the molecule is c1cncc(Nc2n[nH]c(SCC3CCCCC3)n2)c1. The van der Waals surface area contributed by atoms with Crippen LogP contribution in [0.15, 0.2) is 29.7 Å². The van der Waals surface area contributed by atoms with Crippen molar-refractivity contribution in [2.75, 3.05) is 11.1 Å². The Labute approximate surface area is 123 Å². The first-order chi connectivity index (χ1) is 9.90. The molecule has 0 atom stereocenters. The van der Waals surface area contributed by atoms with E-state index < -0.39 is 0 Å². The Kier molecular flexibility index (Phi) is 4.53. The van der Waals surface area contributed by atoms with Crippen molar-refractivity contribution in [2.45, 2.75) is 37.3 Å². The van der Waals surface area contributed by atoms with Crippen LogP contribution in [-0.2, 0) is 0 Å². The van der Waals surface area contributed by atoms with Crippen LogP contribution < -0.4 is 5.32 Å². The molecule has 106 valence electrons. The first-order valence-corrected chi connectivity index (χ1v) is 8.11. The third kappa shape index (κ3) is 3.72. The van der Waals surface area contributed by atoms with Gasteiger partial charge < -0.3 is 5.32 Å². The molecular formula is C14H19N5S. The summed E-state index contributed by atoms with van der Waals surface area (Å²) in [5.74, 6) is 2.58. The quantitative estimate of drug-likeness (QED) is 0.823. The van der Waals surface area contributed by atoms with E-state index in [1.165, 1.54) is 32.1 Å². The minimum Gasteiger partial charge on any atom is -0.321 e. The van der Waals surface area contributed by atoms with Gasteiger partial charge in [-0.25, -0.2) is 0 Å². The molecule has 0 aromatic carbocycles. The number of H-pyrrole nitrogens is 1. The highest BCUT2D eigenvalue weighted by atomic mass is 32.2. The first-order valence-electron chi connectivity index (χ1n) is 7.12. The number of pyridine rings is 1. The summed E-state index contributed by atoms with van der Waals surface area (Å²) in [6, 6.07) is 3.83. The maximum Gasteiger partial charge on any atom is 0.247 e. The Balaban J connectivity index is 1.51. The summed E-state index contributed by atoms with van der Waals surface area (Å²) in [4.78, 5) is 8.50. The highest BCUT2D eigenvalue weighted by Crippen LogP contribution is 2.29. The molecule has 1 aliphatic rings. The number of anilines is 2. The molecule has 3 rings (SSSR count). The summed E-state index contributed by atoms with van der Waals surface area (Å²) in [6.45, 7) is 0. The van der Waals surface area contributed by atoms with Crippen LogP contribution >= 0.6 is 11.8 Å². The number of rotatable bonds is 5. The Morgan fingerprint density at radius 3 is 3.00 bits per heavy atom. The summed E-state index contributed by atoms with van der Waals surface area (Å²) < 4.78 is 0. The molecule has 1 saturated carbocycles. The minimum atomic E-state index is 0.601. The van der Waals surface area contributed by atoms with Crippen LogP contribution in [0.5, 0.6) is 0 Å². The number of thioether (sulfide) groups is 1. The molecule has 0 spiro atoms. The molecule has 2 N–H and O–H groups in total. The van der Waals surface area contributed by atoms with E-state index in [0.29, 0.717) is 5.95 Å². The summed E-state index contributed by atoms with van der Waals surface area (Å²) in [5, 5.41) is 11.2. The molecule has 20 heavy (non-hydrogen) atoms. The van der Waals surface area contributed by atoms with Gasteiger partial charge in [-0.2, -0.15) is 4.98 Å². The Bertz CT molecular complexity index is 521. The number of nitrogens with one attached hydrogen (secondary N) is 2. The van der Waals surface area contributed by atoms with Crippen molar-refractivity contribution in [1.29, 1.82) is 0 Å². The smallest absolute Gasteiger partial charge is 0.247 e. The van der Waals surface area contributed by atoms with Crippen LogP contribution in [0.25, 0.3) is 0 Å². The molecule has 0 unspecified atom stereocenters. The second-order valence-corrected chi connectivity index (χ2v) is 6.15. The molecule has 2 aromatic heterocycles. The zero-order chi connectivity index (χ0) is 13.6. The van der Waals surface area contributed by atoms with E-state index in [9.17, 15) is 0 Å². The number of aromatic amines is 1. The highest BCUT2D eigenvalue weighted by molar-refractivity contribution is 7.99. The number of nitrogens with zero attached hydrogens (tertiary/aromatic N) is 3. The topological polar surface area (TPSA) is 66.5 Å². The predicted molar refractivity (Wildman–Crippen MR) is 81.2 cm³/mol. The Hall–Kier alpha value is -1.56. The fourth-order valence-corrected chi connectivity index (χ4v) is 3.47. The Morgan fingerprint density at radius 2 is 2.20 bits per heavy atom. The van der Waals surface area contributed by atoms with Gasteiger partial charge in [-0.05, 0) is 30.9 Å². The van der Waals surface area contributed by atoms with Crippen LogP contribution in [0, 0.1) is 5.92 Å².